The van der Waals surface area contributed by atoms with E-state index in [0.29, 0.717) is 18.8 Å². The van der Waals surface area contributed by atoms with Crippen LogP contribution in [0.4, 0.5) is 11.4 Å². The van der Waals surface area contributed by atoms with Crippen LogP contribution >= 0.6 is 11.6 Å². The molecule has 0 saturated carbocycles. The van der Waals surface area contributed by atoms with Gasteiger partial charge in [-0.3, -0.25) is 19.8 Å². The van der Waals surface area contributed by atoms with E-state index < -0.39 is 4.92 Å². The molecule has 8 heteroatoms. The highest BCUT2D eigenvalue weighted by molar-refractivity contribution is 6.34. The molecule has 0 atom stereocenters. The number of likely N-dealkylation sites (N-methyl/N-ethyl adjacent to an activating group) is 1. The Morgan fingerprint density at radius 1 is 1.55 bits per heavy atom. The molecule has 1 amide bonds. The quantitative estimate of drug-likeness (QED) is 0.588. The molecule has 0 bridgehead atoms. The van der Waals surface area contributed by atoms with E-state index in [9.17, 15) is 14.9 Å². The summed E-state index contributed by atoms with van der Waals surface area (Å²) in [5, 5.41) is 22.1. The van der Waals surface area contributed by atoms with E-state index in [1.807, 2.05) is 6.92 Å². The molecule has 0 spiro atoms. The predicted octanol–water partition coefficient (Wildman–Crippen LogP) is 1.50. The largest absolute Gasteiger partial charge is 0.395 e. The standard InChI is InChI=1S/C12H16ClN3O4/c1-2-15(5-6-17)8-12(18)14-11-4-3-9(16(19)20)7-10(11)13/h3-4,7,17H,2,5-6,8H2,1H3,(H,14,18). The van der Waals surface area contributed by atoms with Gasteiger partial charge in [-0.2, -0.15) is 0 Å². The fraction of sp³-hybridized carbons (Fsp3) is 0.417. The number of nitrogens with one attached hydrogen (secondary N) is 1. The van der Waals surface area contributed by atoms with Crippen molar-refractivity contribution in [3.63, 3.8) is 0 Å². The molecular formula is C12H16ClN3O4. The lowest BCUT2D eigenvalue weighted by Gasteiger charge is -2.18. The lowest BCUT2D eigenvalue weighted by Crippen LogP contribution is -2.35. The van der Waals surface area contributed by atoms with Gasteiger partial charge < -0.3 is 10.4 Å². The van der Waals surface area contributed by atoms with Crippen LogP contribution in [-0.4, -0.2) is 47.1 Å². The van der Waals surface area contributed by atoms with Crippen LogP contribution in [0.1, 0.15) is 6.92 Å². The van der Waals surface area contributed by atoms with E-state index in [4.69, 9.17) is 16.7 Å². The second-order valence-electron chi connectivity index (χ2n) is 4.06. The first-order valence-electron chi connectivity index (χ1n) is 6.05. The summed E-state index contributed by atoms with van der Waals surface area (Å²) < 4.78 is 0. The van der Waals surface area contributed by atoms with Crippen molar-refractivity contribution in [2.45, 2.75) is 6.92 Å². The lowest BCUT2D eigenvalue weighted by atomic mass is 10.3. The van der Waals surface area contributed by atoms with Gasteiger partial charge in [0.2, 0.25) is 5.91 Å². The first kappa shape index (κ1) is 16.4. The monoisotopic (exact) mass is 301 g/mol. The van der Waals surface area contributed by atoms with Crippen molar-refractivity contribution in [2.75, 3.05) is 31.6 Å². The Balaban J connectivity index is 2.68. The number of aliphatic hydroxyl groups is 1. The summed E-state index contributed by atoms with van der Waals surface area (Å²) in [7, 11) is 0. The zero-order valence-electron chi connectivity index (χ0n) is 11.0. The van der Waals surface area contributed by atoms with Gasteiger partial charge in [-0.05, 0) is 12.6 Å². The molecule has 20 heavy (non-hydrogen) atoms. The third-order valence-corrected chi connectivity index (χ3v) is 2.98. The average molecular weight is 302 g/mol. The zero-order valence-corrected chi connectivity index (χ0v) is 11.8. The van der Waals surface area contributed by atoms with Gasteiger partial charge in [0.1, 0.15) is 0 Å². The highest BCUT2D eigenvalue weighted by atomic mass is 35.5. The average Bonchev–Trinajstić information content (AvgIpc) is 2.40. The van der Waals surface area contributed by atoms with Crippen molar-refractivity contribution in [3.05, 3.63) is 33.3 Å². The SMILES string of the molecule is CCN(CCO)CC(=O)Nc1ccc([N+](=O)[O-])cc1Cl. The fourth-order valence-corrected chi connectivity index (χ4v) is 1.82. The number of rotatable bonds is 7. The third kappa shape index (κ3) is 4.76. The van der Waals surface area contributed by atoms with E-state index in [2.05, 4.69) is 5.32 Å². The Hall–Kier alpha value is -1.70. The number of nitro benzene ring substituents is 1. The minimum Gasteiger partial charge on any atom is -0.395 e. The van der Waals surface area contributed by atoms with Gasteiger partial charge in [0.25, 0.3) is 5.69 Å². The first-order valence-corrected chi connectivity index (χ1v) is 6.42. The fourth-order valence-electron chi connectivity index (χ4n) is 1.60. The Labute approximate surface area is 121 Å². The van der Waals surface area contributed by atoms with Crippen LogP contribution in [-0.2, 0) is 4.79 Å². The zero-order chi connectivity index (χ0) is 15.1. The van der Waals surface area contributed by atoms with Gasteiger partial charge in [-0.1, -0.05) is 18.5 Å². The Morgan fingerprint density at radius 2 is 2.25 bits per heavy atom. The van der Waals surface area contributed by atoms with E-state index in [1.54, 1.807) is 4.90 Å². The van der Waals surface area contributed by atoms with Gasteiger partial charge in [0.15, 0.2) is 0 Å². The summed E-state index contributed by atoms with van der Waals surface area (Å²) in [5.41, 5.74) is 0.186. The molecule has 2 N–H and O–H groups in total. The smallest absolute Gasteiger partial charge is 0.271 e. The maximum Gasteiger partial charge on any atom is 0.271 e. The van der Waals surface area contributed by atoms with Crippen molar-refractivity contribution in [2.24, 2.45) is 0 Å². The molecule has 1 aromatic carbocycles. The van der Waals surface area contributed by atoms with Crippen LogP contribution in [0.2, 0.25) is 5.02 Å². The molecule has 110 valence electrons. The maximum absolute atomic E-state index is 11.8. The second kappa shape index (κ2) is 7.78. The molecule has 0 fully saturated rings. The number of carbonyl (C=O) groups excluding carboxylic acids is 1. The van der Waals surface area contributed by atoms with Crippen molar-refractivity contribution >= 4 is 28.9 Å². The minimum absolute atomic E-state index is 0.0284. The van der Waals surface area contributed by atoms with Gasteiger partial charge in [-0.15, -0.1) is 0 Å². The molecule has 0 heterocycles. The van der Waals surface area contributed by atoms with Crippen molar-refractivity contribution in [1.82, 2.24) is 4.90 Å². The Kier molecular flexibility index (Phi) is 6.37. The minimum atomic E-state index is -0.558. The van der Waals surface area contributed by atoms with Crippen LogP contribution in [0.3, 0.4) is 0 Å². The van der Waals surface area contributed by atoms with Gasteiger partial charge in [-0.25, -0.2) is 0 Å². The molecule has 0 unspecified atom stereocenters. The van der Waals surface area contributed by atoms with E-state index >= 15 is 0 Å². The number of hydrogen-bond donors (Lipinski definition) is 2. The van der Waals surface area contributed by atoms with Crippen LogP contribution in [0.25, 0.3) is 0 Å². The molecule has 0 aromatic heterocycles. The van der Waals surface area contributed by atoms with Crippen molar-refractivity contribution in [3.8, 4) is 0 Å². The highest BCUT2D eigenvalue weighted by Gasteiger charge is 2.13. The number of nitrogens with zero attached hydrogens (tertiary/aromatic N) is 2. The molecule has 0 radical (unpaired) electrons. The molecule has 0 aliphatic rings. The van der Waals surface area contributed by atoms with E-state index in [0.717, 1.165) is 0 Å². The summed E-state index contributed by atoms with van der Waals surface area (Å²) in [6.45, 7) is 2.99. The number of aliphatic hydroxyl groups excluding tert-OH is 1. The van der Waals surface area contributed by atoms with Gasteiger partial charge >= 0.3 is 0 Å². The van der Waals surface area contributed by atoms with Crippen molar-refractivity contribution < 1.29 is 14.8 Å². The number of halogens is 1. The number of amides is 1. The summed E-state index contributed by atoms with van der Waals surface area (Å²) in [6.07, 6.45) is 0. The molecule has 0 saturated heterocycles. The number of non-ortho nitro benzene ring substituents is 1. The van der Waals surface area contributed by atoms with E-state index in [1.165, 1.54) is 18.2 Å². The summed E-state index contributed by atoms with van der Waals surface area (Å²) in [6, 6.07) is 3.84. The van der Waals surface area contributed by atoms with Crippen LogP contribution < -0.4 is 5.32 Å². The van der Waals surface area contributed by atoms with Crippen LogP contribution in [0.15, 0.2) is 18.2 Å². The highest BCUT2D eigenvalue weighted by Crippen LogP contribution is 2.26. The number of benzene rings is 1. The Morgan fingerprint density at radius 3 is 2.75 bits per heavy atom. The Bertz CT molecular complexity index is 496. The predicted molar refractivity (Wildman–Crippen MR) is 75.9 cm³/mol. The number of hydrogen-bond acceptors (Lipinski definition) is 5. The van der Waals surface area contributed by atoms with Crippen LogP contribution in [0, 0.1) is 10.1 Å². The van der Waals surface area contributed by atoms with Crippen molar-refractivity contribution in [1.29, 1.82) is 0 Å². The number of anilines is 1. The molecule has 1 aromatic rings. The van der Waals surface area contributed by atoms with Gasteiger partial charge in [0, 0.05) is 18.7 Å². The van der Waals surface area contributed by atoms with Crippen LogP contribution in [0.5, 0.6) is 0 Å². The topological polar surface area (TPSA) is 95.7 Å². The normalized spacial score (nSPS) is 10.6. The molecule has 0 aliphatic carbocycles. The lowest BCUT2D eigenvalue weighted by molar-refractivity contribution is -0.384. The second-order valence-corrected chi connectivity index (χ2v) is 4.47. The molecular weight excluding hydrogens is 286 g/mol. The summed E-state index contributed by atoms with van der Waals surface area (Å²) in [5.74, 6) is -0.295. The maximum atomic E-state index is 11.8. The first-order chi connectivity index (χ1) is 9.47. The molecule has 7 nitrogen and oxygen atoms in total. The third-order valence-electron chi connectivity index (χ3n) is 2.67. The van der Waals surface area contributed by atoms with Gasteiger partial charge in [0.05, 0.1) is 28.8 Å². The molecule has 1 rings (SSSR count). The summed E-state index contributed by atoms with van der Waals surface area (Å²) in [4.78, 5) is 23.6. The number of nitro groups is 1. The number of carbonyl (C=O) groups is 1. The van der Waals surface area contributed by atoms with E-state index in [-0.39, 0.29) is 29.8 Å². The molecule has 0 aliphatic heterocycles. The summed E-state index contributed by atoms with van der Waals surface area (Å²) >= 11 is 5.88.